The smallest absolute Gasteiger partial charge is 0.343 e. The van der Waals surface area contributed by atoms with Crippen molar-refractivity contribution >= 4 is 21.6 Å². The summed E-state index contributed by atoms with van der Waals surface area (Å²) >= 11 is 0. The standard InChI is InChI=1S/C19H18F3N3O3S/c1-14-6-8-16(9-7-14)25(11-3-10-23)29(27,28)17-5-2-4-15(12-17)18(26)24-13-19(20,21)22/h2,4-9,12H,3,11,13H2,1H3,(H,24,26). The highest BCUT2D eigenvalue weighted by Crippen LogP contribution is 2.25. The number of nitriles is 1. The number of rotatable bonds is 7. The molecule has 10 heteroatoms. The van der Waals surface area contributed by atoms with Gasteiger partial charge >= 0.3 is 6.18 Å². The molecule has 0 heterocycles. The number of alkyl halides is 3. The van der Waals surface area contributed by atoms with Crippen molar-refractivity contribution < 1.29 is 26.4 Å². The lowest BCUT2D eigenvalue weighted by molar-refractivity contribution is -0.123. The Balaban J connectivity index is 2.37. The van der Waals surface area contributed by atoms with Crippen molar-refractivity contribution in [3.63, 3.8) is 0 Å². The third-order valence-corrected chi connectivity index (χ3v) is 5.71. The Labute approximate surface area is 166 Å². The van der Waals surface area contributed by atoms with Crippen LogP contribution in [0.1, 0.15) is 22.3 Å². The van der Waals surface area contributed by atoms with E-state index in [-0.39, 0.29) is 23.4 Å². The molecule has 0 radical (unpaired) electrons. The van der Waals surface area contributed by atoms with Gasteiger partial charge in [-0.3, -0.25) is 9.10 Å². The number of anilines is 1. The summed E-state index contributed by atoms with van der Waals surface area (Å²) in [6.45, 7) is 0.188. The molecule has 154 valence electrons. The van der Waals surface area contributed by atoms with Crippen molar-refractivity contribution in [2.24, 2.45) is 0 Å². The first kappa shape index (κ1) is 22.2. The van der Waals surface area contributed by atoms with E-state index in [1.807, 2.05) is 13.0 Å². The SMILES string of the molecule is Cc1ccc(N(CCC#N)S(=O)(=O)c2cccc(C(=O)NCC(F)(F)F)c2)cc1. The zero-order chi connectivity index (χ0) is 21.7. The minimum Gasteiger partial charge on any atom is -0.343 e. The van der Waals surface area contributed by atoms with E-state index in [9.17, 15) is 26.4 Å². The number of aryl methyl sites for hydroxylation is 1. The van der Waals surface area contributed by atoms with Gasteiger partial charge in [-0.2, -0.15) is 18.4 Å². The van der Waals surface area contributed by atoms with Gasteiger partial charge in [0.2, 0.25) is 0 Å². The van der Waals surface area contributed by atoms with E-state index in [2.05, 4.69) is 0 Å². The van der Waals surface area contributed by atoms with Crippen LogP contribution < -0.4 is 9.62 Å². The second-order valence-electron chi connectivity index (χ2n) is 6.15. The van der Waals surface area contributed by atoms with Gasteiger partial charge in [-0.15, -0.1) is 0 Å². The molecule has 29 heavy (non-hydrogen) atoms. The molecule has 0 aliphatic heterocycles. The van der Waals surface area contributed by atoms with Crippen LogP contribution in [0.15, 0.2) is 53.4 Å². The molecule has 1 N–H and O–H groups in total. The van der Waals surface area contributed by atoms with Crippen LogP contribution in [-0.2, 0) is 10.0 Å². The van der Waals surface area contributed by atoms with Crippen LogP contribution in [0.5, 0.6) is 0 Å². The fraction of sp³-hybridized carbons (Fsp3) is 0.263. The Morgan fingerprint density at radius 3 is 2.41 bits per heavy atom. The summed E-state index contributed by atoms with van der Waals surface area (Å²) in [5, 5.41) is 10.6. The molecule has 0 atom stereocenters. The number of nitrogens with zero attached hydrogens (tertiary/aromatic N) is 2. The highest BCUT2D eigenvalue weighted by Gasteiger charge is 2.29. The number of hydrogen-bond donors (Lipinski definition) is 1. The summed E-state index contributed by atoms with van der Waals surface area (Å²) in [5.41, 5.74) is 1.02. The fourth-order valence-corrected chi connectivity index (χ4v) is 3.97. The molecule has 6 nitrogen and oxygen atoms in total. The second kappa shape index (κ2) is 8.96. The first-order valence-electron chi connectivity index (χ1n) is 8.46. The van der Waals surface area contributed by atoms with Gasteiger partial charge in [0, 0.05) is 12.1 Å². The number of hydrogen-bond acceptors (Lipinski definition) is 4. The lowest BCUT2D eigenvalue weighted by Crippen LogP contribution is -2.34. The predicted molar refractivity (Wildman–Crippen MR) is 101 cm³/mol. The molecular formula is C19H18F3N3O3S. The molecule has 0 fully saturated rings. The first-order chi connectivity index (χ1) is 13.5. The number of halogens is 3. The molecule has 0 aliphatic rings. The zero-order valence-corrected chi connectivity index (χ0v) is 16.2. The Kier molecular flexibility index (Phi) is 6.87. The molecule has 2 aromatic rings. The highest BCUT2D eigenvalue weighted by atomic mass is 32.2. The number of benzene rings is 2. The number of carbonyl (C=O) groups excluding carboxylic acids is 1. The molecule has 2 aromatic carbocycles. The first-order valence-corrected chi connectivity index (χ1v) is 9.90. The average Bonchev–Trinajstić information content (AvgIpc) is 2.67. The molecule has 0 aliphatic carbocycles. The fourth-order valence-electron chi connectivity index (χ4n) is 2.46. The van der Waals surface area contributed by atoms with Gasteiger partial charge in [0.1, 0.15) is 6.54 Å². The molecule has 2 rings (SSSR count). The van der Waals surface area contributed by atoms with Crippen molar-refractivity contribution in [1.29, 1.82) is 5.26 Å². The van der Waals surface area contributed by atoms with Gasteiger partial charge in [0.05, 0.1) is 23.1 Å². The van der Waals surface area contributed by atoms with Crippen molar-refractivity contribution in [3.05, 3.63) is 59.7 Å². The molecule has 0 unspecified atom stereocenters. The molecule has 0 aromatic heterocycles. The Bertz CT molecular complexity index is 1010. The molecule has 0 saturated carbocycles. The third kappa shape index (κ3) is 5.96. The number of carbonyl (C=O) groups is 1. The zero-order valence-electron chi connectivity index (χ0n) is 15.4. The second-order valence-corrected chi connectivity index (χ2v) is 8.01. The number of nitrogens with one attached hydrogen (secondary N) is 1. The van der Waals surface area contributed by atoms with Gasteiger partial charge in [-0.1, -0.05) is 23.8 Å². The van der Waals surface area contributed by atoms with E-state index in [1.54, 1.807) is 29.6 Å². The van der Waals surface area contributed by atoms with Crippen LogP contribution in [0.4, 0.5) is 18.9 Å². The lowest BCUT2D eigenvalue weighted by atomic mass is 10.2. The van der Waals surface area contributed by atoms with Crippen LogP contribution in [0.2, 0.25) is 0 Å². The van der Waals surface area contributed by atoms with Crippen LogP contribution in [-0.4, -0.2) is 33.6 Å². The van der Waals surface area contributed by atoms with Crippen LogP contribution in [0.3, 0.4) is 0 Å². The maximum Gasteiger partial charge on any atom is 0.405 e. The molecular weight excluding hydrogens is 407 g/mol. The molecule has 0 spiro atoms. The van der Waals surface area contributed by atoms with Crippen molar-refractivity contribution in [2.45, 2.75) is 24.4 Å². The third-order valence-electron chi connectivity index (χ3n) is 3.88. The summed E-state index contributed by atoms with van der Waals surface area (Å²) in [6, 6.07) is 13.2. The maximum atomic E-state index is 13.1. The summed E-state index contributed by atoms with van der Waals surface area (Å²) < 4.78 is 64.2. The average molecular weight is 425 g/mol. The monoisotopic (exact) mass is 425 g/mol. The van der Waals surface area contributed by atoms with E-state index in [0.717, 1.165) is 15.9 Å². The van der Waals surface area contributed by atoms with Crippen molar-refractivity contribution in [2.75, 3.05) is 17.4 Å². The molecule has 0 bridgehead atoms. The van der Waals surface area contributed by atoms with Crippen LogP contribution >= 0.6 is 0 Å². The van der Waals surface area contributed by atoms with E-state index in [1.165, 1.54) is 18.2 Å². The Hall–Kier alpha value is -3.06. The lowest BCUT2D eigenvalue weighted by Gasteiger charge is -2.24. The van der Waals surface area contributed by atoms with Crippen molar-refractivity contribution in [3.8, 4) is 6.07 Å². The van der Waals surface area contributed by atoms with Gasteiger partial charge < -0.3 is 5.32 Å². The predicted octanol–water partition coefficient (Wildman–Crippen LogP) is 3.40. The van der Waals surface area contributed by atoms with Gasteiger partial charge in [0.25, 0.3) is 15.9 Å². The van der Waals surface area contributed by atoms with Gasteiger partial charge in [-0.05, 0) is 37.3 Å². The van der Waals surface area contributed by atoms with E-state index < -0.39 is 28.7 Å². The van der Waals surface area contributed by atoms with E-state index >= 15 is 0 Å². The summed E-state index contributed by atoms with van der Waals surface area (Å²) in [7, 11) is -4.16. The Morgan fingerprint density at radius 2 is 1.83 bits per heavy atom. The number of amides is 1. The van der Waals surface area contributed by atoms with Crippen LogP contribution in [0, 0.1) is 18.3 Å². The normalized spacial score (nSPS) is 11.6. The van der Waals surface area contributed by atoms with Gasteiger partial charge in [-0.25, -0.2) is 8.42 Å². The van der Waals surface area contributed by atoms with E-state index in [0.29, 0.717) is 5.69 Å². The summed E-state index contributed by atoms with van der Waals surface area (Å²) in [4.78, 5) is 11.7. The molecule has 1 amide bonds. The minimum atomic E-state index is -4.58. The van der Waals surface area contributed by atoms with Crippen molar-refractivity contribution in [1.82, 2.24) is 5.32 Å². The molecule has 0 saturated heterocycles. The number of sulfonamides is 1. The Morgan fingerprint density at radius 1 is 1.17 bits per heavy atom. The maximum absolute atomic E-state index is 13.1. The quantitative estimate of drug-likeness (QED) is 0.736. The summed E-state index contributed by atoms with van der Waals surface area (Å²) in [5.74, 6) is -1.04. The van der Waals surface area contributed by atoms with Crippen LogP contribution in [0.25, 0.3) is 0 Å². The van der Waals surface area contributed by atoms with E-state index in [4.69, 9.17) is 5.26 Å². The minimum absolute atomic E-state index is 0.0706. The summed E-state index contributed by atoms with van der Waals surface area (Å²) in [6.07, 6.45) is -4.66. The highest BCUT2D eigenvalue weighted by molar-refractivity contribution is 7.92. The topological polar surface area (TPSA) is 90.3 Å². The van der Waals surface area contributed by atoms with Gasteiger partial charge in [0.15, 0.2) is 0 Å². The largest absolute Gasteiger partial charge is 0.405 e.